The molecule has 0 fully saturated rings. The lowest BCUT2D eigenvalue weighted by molar-refractivity contribution is -0.141. The first-order valence-corrected chi connectivity index (χ1v) is 2.23. The lowest BCUT2D eigenvalue weighted by atomic mass is 10.6. The third-order valence-electron chi connectivity index (χ3n) is 0.652. The molecule has 1 N–H and O–H groups in total. The molecular weight excluding hydrogens is 124 g/mol. The molecule has 0 bridgehead atoms. The summed E-state index contributed by atoms with van der Waals surface area (Å²) in [7, 11) is 1.20. The molecule has 9 heavy (non-hydrogen) atoms. The number of hydrogen-bond donors (Lipinski definition) is 1. The first-order chi connectivity index (χ1) is 4.22. The van der Waals surface area contributed by atoms with E-state index in [-0.39, 0.29) is 5.76 Å². The Labute approximate surface area is 52.7 Å². The fourth-order valence-electron chi connectivity index (χ4n) is 0.251. The van der Waals surface area contributed by atoms with Gasteiger partial charge in [-0.25, -0.2) is 4.79 Å². The van der Waals surface area contributed by atoms with Crippen LogP contribution in [-0.2, 0) is 14.3 Å². The van der Waals surface area contributed by atoms with Crippen LogP contribution in [0.2, 0.25) is 0 Å². The van der Waals surface area contributed by atoms with Crippen molar-refractivity contribution in [1.82, 2.24) is 0 Å². The summed E-state index contributed by atoms with van der Waals surface area (Å²) in [5, 5.41) is 8.09. The van der Waals surface area contributed by atoms with Gasteiger partial charge in [0.1, 0.15) is 0 Å². The van der Waals surface area contributed by atoms with Gasteiger partial charge in [0.15, 0.2) is 12.6 Å². The second-order valence-corrected chi connectivity index (χ2v) is 1.19. The average Bonchev–Trinajstić information content (AvgIpc) is 1.87. The maximum atomic E-state index is 10.3. The molecule has 0 saturated heterocycles. The van der Waals surface area contributed by atoms with Crippen molar-refractivity contribution >= 4 is 5.97 Å². The van der Waals surface area contributed by atoms with E-state index in [1.165, 1.54) is 7.11 Å². The number of aliphatic hydroxyl groups is 1. The van der Waals surface area contributed by atoms with Crippen LogP contribution in [0.1, 0.15) is 0 Å². The van der Waals surface area contributed by atoms with E-state index in [1.807, 2.05) is 0 Å². The summed E-state index contributed by atoms with van der Waals surface area (Å²) in [6.07, 6.45) is 0. The van der Waals surface area contributed by atoms with Crippen molar-refractivity contribution in [3.05, 3.63) is 12.3 Å². The lowest BCUT2D eigenvalue weighted by Crippen LogP contribution is -2.07. The zero-order valence-corrected chi connectivity index (χ0v) is 5.09. The second-order valence-electron chi connectivity index (χ2n) is 1.19. The first-order valence-electron chi connectivity index (χ1n) is 2.23. The van der Waals surface area contributed by atoms with Gasteiger partial charge in [0, 0.05) is 0 Å². The number of rotatable bonds is 3. The van der Waals surface area contributed by atoms with Gasteiger partial charge < -0.3 is 14.6 Å². The van der Waals surface area contributed by atoms with Gasteiger partial charge in [0.2, 0.25) is 0 Å². The van der Waals surface area contributed by atoms with Gasteiger partial charge in [-0.2, -0.15) is 0 Å². The smallest absolute Gasteiger partial charge is 0.372 e. The van der Waals surface area contributed by atoms with Gasteiger partial charge in [-0.1, -0.05) is 0 Å². The topological polar surface area (TPSA) is 55.8 Å². The Balaban J connectivity index is 3.60. The highest BCUT2D eigenvalue weighted by molar-refractivity contribution is 5.85. The molecular formula is C5H8O4. The van der Waals surface area contributed by atoms with Crippen molar-refractivity contribution < 1.29 is 19.4 Å². The molecule has 52 valence electrons. The van der Waals surface area contributed by atoms with Crippen LogP contribution < -0.4 is 0 Å². The highest BCUT2D eigenvalue weighted by atomic mass is 16.6. The van der Waals surface area contributed by atoms with Crippen molar-refractivity contribution in [1.29, 1.82) is 0 Å². The highest BCUT2D eigenvalue weighted by Gasteiger charge is 2.05. The largest absolute Gasteiger partial charge is 0.463 e. The third kappa shape index (κ3) is 2.71. The van der Waals surface area contributed by atoms with E-state index in [9.17, 15) is 4.79 Å². The summed E-state index contributed by atoms with van der Waals surface area (Å²) in [5.74, 6) is -0.871. The standard InChI is InChI=1S/C5H8O4/c1-4(9-3-6)5(7)8-2/h6H,1,3H2,2H3. The summed E-state index contributed by atoms with van der Waals surface area (Å²) < 4.78 is 8.47. The number of esters is 1. The van der Waals surface area contributed by atoms with Crippen LogP contribution in [0.3, 0.4) is 0 Å². The second kappa shape index (κ2) is 3.91. The zero-order chi connectivity index (χ0) is 7.28. The van der Waals surface area contributed by atoms with Crippen LogP contribution in [0.25, 0.3) is 0 Å². The minimum atomic E-state index is -0.677. The molecule has 0 aliphatic heterocycles. The maximum absolute atomic E-state index is 10.3. The van der Waals surface area contributed by atoms with E-state index >= 15 is 0 Å². The molecule has 0 aromatic rings. The van der Waals surface area contributed by atoms with Gasteiger partial charge in [0.05, 0.1) is 7.11 Å². The number of hydrogen-bond acceptors (Lipinski definition) is 4. The monoisotopic (exact) mass is 132 g/mol. The van der Waals surface area contributed by atoms with E-state index in [4.69, 9.17) is 5.11 Å². The number of carbonyl (C=O) groups excluding carboxylic acids is 1. The van der Waals surface area contributed by atoms with Crippen LogP contribution in [0, 0.1) is 0 Å². The van der Waals surface area contributed by atoms with E-state index < -0.39 is 12.8 Å². The van der Waals surface area contributed by atoms with Gasteiger partial charge in [0.25, 0.3) is 0 Å². The molecule has 4 heteroatoms. The Kier molecular flexibility index (Phi) is 3.46. The van der Waals surface area contributed by atoms with Gasteiger partial charge in [-0.3, -0.25) is 0 Å². The minimum Gasteiger partial charge on any atom is -0.463 e. The van der Waals surface area contributed by atoms with Crippen LogP contribution >= 0.6 is 0 Å². The van der Waals surface area contributed by atoms with Crippen molar-refractivity contribution in [3.63, 3.8) is 0 Å². The fraction of sp³-hybridized carbons (Fsp3) is 0.400. The zero-order valence-electron chi connectivity index (χ0n) is 5.09. The molecule has 0 amide bonds. The predicted octanol–water partition coefficient (Wildman–Crippen LogP) is -0.361. The van der Waals surface area contributed by atoms with Crippen LogP contribution in [0.4, 0.5) is 0 Å². The maximum Gasteiger partial charge on any atom is 0.372 e. The number of aliphatic hydroxyl groups excluding tert-OH is 1. The Morgan fingerprint density at radius 2 is 2.33 bits per heavy atom. The Bertz CT molecular complexity index is 118. The quantitative estimate of drug-likeness (QED) is 0.246. The molecule has 0 aromatic heterocycles. The van der Waals surface area contributed by atoms with E-state index in [0.29, 0.717) is 0 Å². The lowest BCUT2D eigenvalue weighted by Gasteiger charge is -2.01. The molecule has 0 aromatic carbocycles. The molecule has 0 aliphatic rings. The fourth-order valence-corrected chi connectivity index (χ4v) is 0.251. The Morgan fingerprint density at radius 1 is 1.78 bits per heavy atom. The average molecular weight is 132 g/mol. The van der Waals surface area contributed by atoms with Gasteiger partial charge in [-0.15, -0.1) is 0 Å². The number of carbonyl (C=O) groups is 1. The summed E-state index contributed by atoms with van der Waals surface area (Å²) in [6.45, 7) is 2.60. The van der Waals surface area contributed by atoms with Gasteiger partial charge >= 0.3 is 5.97 Å². The minimum absolute atomic E-state index is 0.194. The van der Waals surface area contributed by atoms with E-state index in [2.05, 4.69) is 16.1 Å². The molecule has 0 saturated carbocycles. The van der Waals surface area contributed by atoms with Crippen molar-refractivity contribution in [3.8, 4) is 0 Å². The molecule has 0 heterocycles. The van der Waals surface area contributed by atoms with E-state index in [1.54, 1.807) is 0 Å². The molecule has 0 unspecified atom stereocenters. The highest BCUT2D eigenvalue weighted by Crippen LogP contribution is 1.93. The molecule has 0 radical (unpaired) electrons. The first kappa shape index (κ1) is 7.97. The summed E-state index contributed by atoms with van der Waals surface area (Å²) in [6, 6.07) is 0. The predicted molar refractivity (Wildman–Crippen MR) is 29.3 cm³/mol. The van der Waals surface area contributed by atoms with Crippen molar-refractivity contribution in [2.75, 3.05) is 13.9 Å². The summed E-state index contributed by atoms with van der Waals surface area (Å²) in [4.78, 5) is 10.3. The number of methoxy groups -OCH3 is 1. The third-order valence-corrected chi connectivity index (χ3v) is 0.652. The normalized spacial score (nSPS) is 8.22. The molecule has 0 rings (SSSR count). The van der Waals surface area contributed by atoms with E-state index in [0.717, 1.165) is 0 Å². The van der Waals surface area contributed by atoms with Crippen LogP contribution in [0.5, 0.6) is 0 Å². The SMILES string of the molecule is C=C(OCO)C(=O)OC. The molecule has 0 aliphatic carbocycles. The summed E-state index contributed by atoms with van der Waals surface area (Å²) in [5.41, 5.74) is 0. The Hall–Kier alpha value is -1.03. The van der Waals surface area contributed by atoms with Crippen molar-refractivity contribution in [2.45, 2.75) is 0 Å². The number of ether oxygens (including phenoxy) is 2. The van der Waals surface area contributed by atoms with Gasteiger partial charge in [-0.05, 0) is 6.58 Å². The molecule has 0 atom stereocenters. The van der Waals surface area contributed by atoms with Crippen LogP contribution in [-0.4, -0.2) is 25.0 Å². The summed E-state index contributed by atoms with van der Waals surface area (Å²) >= 11 is 0. The Morgan fingerprint density at radius 3 is 2.67 bits per heavy atom. The molecule has 4 nitrogen and oxygen atoms in total. The van der Waals surface area contributed by atoms with Crippen molar-refractivity contribution in [2.24, 2.45) is 0 Å². The molecule has 0 spiro atoms. The van der Waals surface area contributed by atoms with Crippen LogP contribution in [0.15, 0.2) is 12.3 Å².